The molecule has 0 aromatic carbocycles. The number of amides is 1. The Balaban J connectivity index is 2.35. The summed E-state index contributed by atoms with van der Waals surface area (Å²) in [7, 11) is 0. The SMILES string of the molecule is CCC(C)C(=O)NC1(C)CCC1. The van der Waals surface area contributed by atoms with Crippen LogP contribution in [-0.4, -0.2) is 11.4 Å². The first-order valence-electron chi connectivity index (χ1n) is 4.89. The van der Waals surface area contributed by atoms with E-state index in [0.717, 1.165) is 19.3 Å². The molecule has 0 heterocycles. The van der Waals surface area contributed by atoms with Gasteiger partial charge in [0, 0.05) is 11.5 Å². The molecule has 0 radical (unpaired) electrons. The third kappa shape index (κ3) is 1.99. The Labute approximate surface area is 74.7 Å². The van der Waals surface area contributed by atoms with Crippen molar-refractivity contribution in [3.63, 3.8) is 0 Å². The molecule has 2 heteroatoms. The van der Waals surface area contributed by atoms with Crippen molar-refractivity contribution in [3.05, 3.63) is 0 Å². The number of carbonyl (C=O) groups is 1. The number of hydrogen-bond acceptors (Lipinski definition) is 1. The molecule has 1 atom stereocenters. The van der Waals surface area contributed by atoms with Crippen molar-refractivity contribution >= 4 is 5.91 Å². The third-order valence-corrected chi connectivity index (χ3v) is 2.94. The number of rotatable bonds is 3. The lowest BCUT2D eigenvalue weighted by Gasteiger charge is -2.39. The second-order valence-corrected chi connectivity index (χ2v) is 4.21. The van der Waals surface area contributed by atoms with E-state index in [1.807, 2.05) is 13.8 Å². The molecule has 0 aliphatic heterocycles. The van der Waals surface area contributed by atoms with E-state index in [1.165, 1.54) is 6.42 Å². The first-order valence-corrected chi connectivity index (χ1v) is 4.89. The van der Waals surface area contributed by atoms with Crippen LogP contribution in [-0.2, 0) is 4.79 Å². The second-order valence-electron chi connectivity index (χ2n) is 4.21. The standard InChI is InChI=1S/C10H19NO/c1-4-8(2)9(12)11-10(3)6-5-7-10/h8H,4-7H2,1-3H3,(H,11,12). The second kappa shape index (κ2) is 3.46. The minimum Gasteiger partial charge on any atom is -0.351 e. The molecule has 1 aliphatic rings. The zero-order chi connectivity index (χ0) is 9.19. The molecule has 1 aliphatic carbocycles. The van der Waals surface area contributed by atoms with Crippen LogP contribution in [0.1, 0.15) is 46.5 Å². The van der Waals surface area contributed by atoms with E-state index in [9.17, 15) is 4.79 Å². The van der Waals surface area contributed by atoms with E-state index in [0.29, 0.717) is 0 Å². The van der Waals surface area contributed by atoms with Gasteiger partial charge in [-0.2, -0.15) is 0 Å². The average Bonchev–Trinajstić information content (AvgIpc) is 2.00. The molecule has 1 fully saturated rings. The molecule has 12 heavy (non-hydrogen) atoms. The zero-order valence-electron chi connectivity index (χ0n) is 8.31. The molecular formula is C10H19NO. The molecule has 1 amide bonds. The fourth-order valence-electron chi connectivity index (χ4n) is 1.44. The topological polar surface area (TPSA) is 29.1 Å². The van der Waals surface area contributed by atoms with E-state index in [-0.39, 0.29) is 17.4 Å². The largest absolute Gasteiger partial charge is 0.351 e. The summed E-state index contributed by atoms with van der Waals surface area (Å²) in [4.78, 5) is 11.5. The summed E-state index contributed by atoms with van der Waals surface area (Å²) in [6.45, 7) is 6.17. The smallest absolute Gasteiger partial charge is 0.223 e. The Kier molecular flexibility index (Phi) is 2.76. The van der Waals surface area contributed by atoms with Crippen LogP contribution < -0.4 is 5.32 Å². The lowest BCUT2D eigenvalue weighted by Crippen LogP contribution is -2.52. The van der Waals surface area contributed by atoms with E-state index >= 15 is 0 Å². The summed E-state index contributed by atoms with van der Waals surface area (Å²) in [5, 5.41) is 3.10. The van der Waals surface area contributed by atoms with Crippen molar-refractivity contribution in [2.24, 2.45) is 5.92 Å². The maximum atomic E-state index is 11.5. The predicted molar refractivity (Wildman–Crippen MR) is 49.9 cm³/mol. The monoisotopic (exact) mass is 169 g/mol. The van der Waals surface area contributed by atoms with Crippen molar-refractivity contribution < 1.29 is 4.79 Å². The van der Waals surface area contributed by atoms with Crippen molar-refractivity contribution in [2.45, 2.75) is 52.0 Å². The fourth-order valence-corrected chi connectivity index (χ4v) is 1.44. The van der Waals surface area contributed by atoms with Crippen molar-refractivity contribution in [2.75, 3.05) is 0 Å². The minimum absolute atomic E-state index is 0.126. The maximum Gasteiger partial charge on any atom is 0.223 e. The lowest BCUT2D eigenvalue weighted by molar-refractivity contribution is -0.127. The molecule has 0 aromatic rings. The normalized spacial score (nSPS) is 22.6. The van der Waals surface area contributed by atoms with Gasteiger partial charge in [0.2, 0.25) is 5.91 Å². The van der Waals surface area contributed by atoms with Crippen LogP contribution >= 0.6 is 0 Å². The van der Waals surface area contributed by atoms with Crippen LogP contribution in [0.25, 0.3) is 0 Å². The van der Waals surface area contributed by atoms with Gasteiger partial charge in [-0.3, -0.25) is 4.79 Å². The first-order chi connectivity index (χ1) is 5.57. The highest BCUT2D eigenvalue weighted by Gasteiger charge is 2.33. The molecule has 1 saturated carbocycles. The van der Waals surface area contributed by atoms with Gasteiger partial charge in [0.15, 0.2) is 0 Å². The number of carbonyl (C=O) groups excluding carboxylic acids is 1. The van der Waals surface area contributed by atoms with Crippen LogP contribution in [0.3, 0.4) is 0 Å². The van der Waals surface area contributed by atoms with Crippen LogP contribution in [0, 0.1) is 5.92 Å². The minimum atomic E-state index is 0.126. The van der Waals surface area contributed by atoms with E-state index in [1.54, 1.807) is 0 Å². The predicted octanol–water partition coefficient (Wildman–Crippen LogP) is 2.09. The number of nitrogens with one attached hydrogen (secondary N) is 1. The quantitative estimate of drug-likeness (QED) is 0.688. The van der Waals surface area contributed by atoms with Crippen LogP contribution in [0.15, 0.2) is 0 Å². The van der Waals surface area contributed by atoms with Crippen LogP contribution in [0.5, 0.6) is 0 Å². The summed E-state index contributed by atoms with van der Waals surface area (Å²) in [6, 6.07) is 0. The zero-order valence-corrected chi connectivity index (χ0v) is 8.31. The summed E-state index contributed by atoms with van der Waals surface area (Å²) in [5.41, 5.74) is 0.126. The van der Waals surface area contributed by atoms with Gasteiger partial charge in [0.25, 0.3) is 0 Å². The van der Waals surface area contributed by atoms with Crippen LogP contribution in [0.2, 0.25) is 0 Å². The van der Waals surface area contributed by atoms with Gasteiger partial charge in [-0.05, 0) is 32.6 Å². The fraction of sp³-hybridized carbons (Fsp3) is 0.900. The number of hydrogen-bond donors (Lipinski definition) is 1. The Morgan fingerprint density at radius 3 is 2.50 bits per heavy atom. The van der Waals surface area contributed by atoms with Crippen molar-refractivity contribution in [1.82, 2.24) is 5.32 Å². The Hall–Kier alpha value is -0.530. The molecule has 1 N–H and O–H groups in total. The average molecular weight is 169 g/mol. The molecule has 1 unspecified atom stereocenters. The lowest BCUT2D eigenvalue weighted by atomic mass is 9.78. The molecule has 0 saturated heterocycles. The van der Waals surface area contributed by atoms with Gasteiger partial charge in [-0.15, -0.1) is 0 Å². The third-order valence-electron chi connectivity index (χ3n) is 2.94. The maximum absolute atomic E-state index is 11.5. The van der Waals surface area contributed by atoms with Crippen molar-refractivity contribution in [3.8, 4) is 0 Å². The molecule has 0 spiro atoms. The van der Waals surface area contributed by atoms with E-state index in [4.69, 9.17) is 0 Å². The van der Waals surface area contributed by atoms with Crippen LogP contribution in [0.4, 0.5) is 0 Å². The highest BCUT2D eigenvalue weighted by molar-refractivity contribution is 5.79. The van der Waals surface area contributed by atoms with Gasteiger partial charge in [-0.1, -0.05) is 13.8 Å². The Morgan fingerprint density at radius 2 is 2.17 bits per heavy atom. The van der Waals surface area contributed by atoms with Gasteiger partial charge >= 0.3 is 0 Å². The summed E-state index contributed by atoms with van der Waals surface area (Å²) >= 11 is 0. The molecular weight excluding hydrogens is 150 g/mol. The molecule has 70 valence electrons. The Morgan fingerprint density at radius 1 is 1.58 bits per heavy atom. The molecule has 0 aromatic heterocycles. The van der Waals surface area contributed by atoms with E-state index in [2.05, 4.69) is 12.2 Å². The van der Waals surface area contributed by atoms with Gasteiger partial charge in [-0.25, -0.2) is 0 Å². The van der Waals surface area contributed by atoms with Gasteiger partial charge in [0.05, 0.1) is 0 Å². The molecule has 0 bridgehead atoms. The van der Waals surface area contributed by atoms with Gasteiger partial charge in [0.1, 0.15) is 0 Å². The summed E-state index contributed by atoms with van der Waals surface area (Å²) in [5.74, 6) is 0.391. The highest BCUT2D eigenvalue weighted by atomic mass is 16.2. The molecule has 1 rings (SSSR count). The highest BCUT2D eigenvalue weighted by Crippen LogP contribution is 2.31. The van der Waals surface area contributed by atoms with E-state index < -0.39 is 0 Å². The van der Waals surface area contributed by atoms with Gasteiger partial charge < -0.3 is 5.32 Å². The summed E-state index contributed by atoms with van der Waals surface area (Å²) < 4.78 is 0. The molecule has 2 nitrogen and oxygen atoms in total. The first kappa shape index (κ1) is 9.56. The Bertz CT molecular complexity index is 173. The van der Waals surface area contributed by atoms with Crippen molar-refractivity contribution in [1.29, 1.82) is 0 Å². The summed E-state index contributed by atoms with van der Waals surface area (Å²) in [6.07, 6.45) is 4.49.